The van der Waals surface area contributed by atoms with Crippen molar-refractivity contribution in [3.63, 3.8) is 0 Å². The second-order valence-electron chi connectivity index (χ2n) is 6.48. The number of hydrazine groups is 1. The van der Waals surface area contributed by atoms with Crippen molar-refractivity contribution in [3.8, 4) is 0 Å². The molecule has 8 heteroatoms. The molecule has 4 rings (SSSR count). The molecule has 0 aliphatic carbocycles. The smallest absolute Gasteiger partial charge is 0.125 e. The summed E-state index contributed by atoms with van der Waals surface area (Å²) in [7, 11) is 0. The van der Waals surface area contributed by atoms with Crippen molar-refractivity contribution < 1.29 is 9.13 Å². The van der Waals surface area contributed by atoms with E-state index in [1.807, 2.05) is 0 Å². The summed E-state index contributed by atoms with van der Waals surface area (Å²) in [5.74, 6) is 5.15. The van der Waals surface area contributed by atoms with Crippen LogP contribution >= 0.6 is 22.9 Å². The van der Waals surface area contributed by atoms with Gasteiger partial charge in [-0.1, -0.05) is 17.7 Å². The number of hydrogen-bond acceptors (Lipinski definition) is 6. The second-order valence-corrected chi connectivity index (χ2v) is 8.16. The molecule has 3 heterocycles. The third kappa shape index (κ3) is 4.80. The van der Waals surface area contributed by atoms with Crippen LogP contribution in [0.25, 0.3) is 0 Å². The highest BCUT2D eigenvalue weighted by atomic mass is 35.5. The Labute approximate surface area is 167 Å². The highest BCUT2D eigenvalue weighted by molar-refractivity contribution is 7.16. The Balaban J connectivity index is 0.000000161. The number of fused-ring (bicyclic) bond motifs is 2. The first kappa shape index (κ1) is 20.1. The maximum atomic E-state index is 12.6. The van der Waals surface area contributed by atoms with Gasteiger partial charge in [0.2, 0.25) is 0 Å². The molecular formula is C19H24ClFN4OS. The number of rotatable bonds is 2. The average molecular weight is 411 g/mol. The summed E-state index contributed by atoms with van der Waals surface area (Å²) >= 11 is 7.81. The minimum absolute atomic E-state index is 0.0172. The Hall–Kier alpha value is -1.64. The minimum Gasteiger partial charge on any atom is -0.403 e. The highest BCUT2D eigenvalue weighted by Crippen LogP contribution is 2.45. The lowest BCUT2D eigenvalue weighted by Crippen LogP contribution is -2.43. The molecule has 0 bridgehead atoms. The average Bonchev–Trinajstić information content (AvgIpc) is 3.05. The molecule has 5 N–H and O–H groups in total. The first-order valence-corrected chi connectivity index (χ1v) is 10.0. The number of ether oxygens (including phenoxy) is 1. The fourth-order valence-electron chi connectivity index (χ4n) is 3.41. The van der Waals surface area contributed by atoms with Crippen LogP contribution in [0, 0.1) is 5.82 Å². The Morgan fingerprint density at radius 2 is 2.07 bits per heavy atom. The van der Waals surface area contributed by atoms with E-state index in [9.17, 15) is 4.39 Å². The van der Waals surface area contributed by atoms with Crippen LogP contribution < -0.4 is 21.9 Å². The standard InChI is InChI=1S/C11H14ClNOS.C8H10FN3/c12-9-7-8-1-6-14-11(10(8)15-9)2-4-13-5-3-11;9-7-2-1-3-8(6-7)12(11)5-4-10/h7,13H,1-6H2;1-6H,10-11H2/b;5-4-. The zero-order valence-electron chi connectivity index (χ0n) is 15.0. The van der Waals surface area contributed by atoms with E-state index in [1.54, 1.807) is 23.5 Å². The zero-order valence-corrected chi connectivity index (χ0v) is 16.5. The van der Waals surface area contributed by atoms with E-state index in [2.05, 4.69) is 11.4 Å². The van der Waals surface area contributed by atoms with Crippen LogP contribution in [0.4, 0.5) is 10.1 Å². The van der Waals surface area contributed by atoms with Crippen LogP contribution in [0.5, 0.6) is 0 Å². The lowest BCUT2D eigenvalue weighted by atomic mass is 9.86. The fraction of sp³-hybridized carbons (Fsp3) is 0.368. The van der Waals surface area contributed by atoms with Crippen LogP contribution in [0.15, 0.2) is 42.7 Å². The van der Waals surface area contributed by atoms with Gasteiger partial charge >= 0.3 is 0 Å². The molecule has 1 aromatic heterocycles. The number of halogens is 2. The van der Waals surface area contributed by atoms with Crippen LogP contribution in [-0.4, -0.2) is 19.7 Å². The molecule has 0 saturated carbocycles. The summed E-state index contributed by atoms with van der Waals surface area (Å²) in [5.41, 5.74) is 7.06. The van der Waals surface area contributed by atoms with Crippen LogP contribution in [0.1, 0.15) is 23.3 Å². The molecule has 0 unspecified atom stereocenters. The predicted molar refractivity (Wildman–Crippen MR) is 109 cm³/mol. The highest BCUT2D eigenvalue weighted by Gasteiger charge is 2.40. The number of nitrogens with zero attached hydrogens (tertiary/aromatic N) is 1. The maximum Gasteiger partial charge on any atom is 0.125 e. The van der Waals surface area contributed by atoms with Crippen molar-refractivity contribution in [1.29, 1.82) is 0 Å². The van der Waals surface area contributed by atoms with E-state index in [0.717, 1.165) is 43.3 Å². The Kier molecular flexibility index (Phi) is 6.73. The molecule has 1 spiro atoms. The van der Waals surface area contributed by atoms with Gasteiger partial charge < -0.3 is 15.8 Å². The third-order valence-corrected chi connectivity index (χ3v) is 6.20. The molecule has 146 valence electrons. The maximum absolute atomic E-state index is 12.6. The lowest BCUT2D eigenvalue weighted by Gasteiger charge is -2.40. The first-order chi connectivity index (χ1) is 13.0. The van der Waals surface area contributed by atoms with E-state index in [1.165, 1.54) is 40.0 Å². The molecule has 1 saturated heterocycles. The van der Waals surface area contributed by atoms with Crippen molar-refractivity contribution >= 4 is 28.6 Å². The topological polar surface area (TPSA) is 76.5 Å². The van der Waals surface area contributed by atoms with Gasteiger partial charge in [-0.3, -0.25) is 5.01 Å². The summed E-state index contributed by atoms with van der Waals surface area (Å²) in [6.07, 6.45) is 5.90. The number of benzene rings is 1. The number of nitrogens with two attached hydrogens (primary N) is 2. The van der Waals surface area contributed by atoms with Gasteiger partial charge in [-0.2, -0.15) is 0 Å². The number of nitrogens with one attached hydrogen (secondary N) is 1. The van der Waals surface area contributed by atoms with Gasteiger partial charge in [0.1, 0.15) is 11.4 Å². The van der Waals surface area contributed by atoms with Gasteiger partial charge in [-0.25, -0.2) is 10.2 Å². The van der Waals surface area contributed by atoms with Crippen molar-refractivity contribution in [2.45, 2.75) is 24.9 Å². The number of anilines is 1. The summed E-state index contributed by atoms with van der Waals surface area (Å²) in [6.45, 7) is 2.95. The molecule has 2 aliphatic rings. The van der Waals surface area contributed by atoms with Crippen LogP contribution in [0.2, 0.25) is 4.34 Å². The van der Waals surface area contributed by atoms with Crippen molar-refractivity contribution in [2.75, 3.05) is 24.7 Å². The fourth-order valence-corrected chi connectivity index (χ4v) is 4.91. The van der Waals surface area contributed by atoms with Gasteiger partial charge in [-0.15, -0.1) is 11.3 Å². The van der Waals surface area contributed by atoms with Crippen LogP contribution in [-0.2, 0) is 16.8 Å². The van der Waals surface area contributed by atoms with Gasteiger partial charge in [0.25, 0.3) is 0 Å². The Morgan fingerprint density at radius 3 is 2.78 bits per heavy atom. The summed E-state index contributed by atoms with van der Waals surface area (Å²) < 4.78 is 19.6. The van der Waals surface area contributed by atoms with E-state index >= 15 is 0 Å². The van der Waals surface area contributed by atoms with E-state index in [-0.39, 0.29) is 11.4 Å². The van der Waals surface area contributed by atoms with Gasteiger partial charge in [0.15, 0.2) is 0 Å². The summed E-state index contributed by atoms with van der Waals surface area (Å²) in [4.78, 5) is 1.39. The molecule has 0 radical (unpaired) electrons. The van der Waals surface area contributed by atoms with Gasteiger partial charge in [0.05, 0.1) is 16.6 Å². The SMILES string of the molecule is Clc1cc2c(s1)C1(CCNCC1)OCC2.N/C=C\N(N)c1cccc(F)c1. The summed E-state index contributed by atoms with van der Waals surface area (Å²) in [6, 6.07) is 8.05. The molecule has 27 heavy (non-hydrogen) atoms. The summed E-state index contributed by atoms with van der Waals surface area (Å²) in [5, 5.41) is 4.62. The Morgan fingerprint density at radius 1 is 1.30 bits per heavy atom. The van der Waals surface area contributed by atoms with E-state index in [0.29, 0.717) is 5.69 Å². The quantitative estimate of drug-likeness (QED) is 0.522. The molecule has 0 atom stereocenters. The Bertz CT molecular complexity index is 792. The first-order valence-electron chi connectivity index (χ1n) is 8.85. The van der Waals surface area contributed by atoms with Gasteiger partial charge in [0, 0.05) is 17.3 Å². The molecule has 1 fully saturated rings. The third-order valence-electron chi connectivity index (χ3n) is 4.71. The second kappa shape index (κ2) is 9.03. The van der Waals surface area contributed by atoms with E-state index < -0.39 is 0 Å². The van der Waals surface area contributed by atoms with Crippen LogP contribution in [0.3, 0.4) is 0 Å². The van der Waals surface area contributed by atoms with Crippen molar-refractivity contribution in [1.82, 2.24) is 5.32 Å². The molecule has 2 aromatic rings. The normalized spacial score (nSPS) is 18.0. The minimum atomic E-state index is -0.326. The molecule has 5 nitrogen and oxygen atoms in total. The number of piperidine rings is 1. The number of hydrogen-bond donors (Lipinski definition) is 3. The molecule has 0 amide bonds. The van der Waals surface area contributed by atoms with Crippen molar-refractivity contribution in [2.24, 2.45) is 11.6 Å². The largest absolute Gasteiger partial charge is 0.403 e. The molecule has 2 aliphatic heterocycles. The van der Waals surface area contributed by atoms with Gasteiger partial charge in [-0.05, 0) is 62.2 Å². The lowest BCUT2D eigenvalue weighted by molar-refractivity contribution is -0.0771. The van der Waals surface area contributed by atoms with E-state index in [4.69, 9.17) is 27.9 Å². The predicted octanol–water partition coefficient (Wildman–Crippen LogP) is 3.49. The monoisotopic (exact) mass is 410 g/mol. The molecule has 1 aromatic carbocycles. The zero-order chi connectivity index (χ0) is 19.3. The number of thiophene rings is 1. The molecular weight excluding hydrogens is 387 g/mol. The van der Waals surface area contributed by atoms with Crippen molar-refractivity contribution in [3.05, 3.63) is 63.3 Å².